The van der Waals surface area contributed by atoms with E-state index in [2.05, 4.69) is 56.4 Å². The van der Waals surface area contributed by atoms with Gasteiger partial charge in [-0.1, -0.05) is 61.9 Å². The molecule has 0 atom stereocenters. The molecule has 3 heteroatoms. The van der Waals surface area contributed by atoms with E-state index >= 15 is 0 Å². The minimum Gasteiger partial charge on any atom is -0.337 e. The van der Waals surface area contributed by atoms with Crippen LogP contribution in [0.25, 0.3) is 0 Å². The lowest BCUT2D eigenvalue weighted by Gasteiger charge is -2.32. The average molecular weight is 322 g/mol. The van der Waals surface area contributed by atoms with Crippen LogP contribution in [0.4, 0.5) is 10.5 Å². The molecule has 0 saturated heterocycles. The second-order valence-electron chi connectivity index (χ2n) is 7.29. The van der Waals surface area contributed by atoms with Gasteiger partial charge in [0.2, 0.25) is 0 Å². The summed E-state index contributed by atoms with van der Waals surface area (Å²) in [6.45, 7) is 7.83. The highest BCUT2D eigenvalue weighted by molar-refractivity contribution is 5.93. The number of fused-ring (bicyclic) bond motifs is 1. The Morgan fingerprint density at radius 3 is 2.58 bits per heavy atom. The maximum Gasteiger partial charge on any atom is 0.321 e. The molecule has 3 rings (SSSR count). The molecule has 2 amide bonds. The summed E-state index contributed by atoms with van der Waals surface area (Å²) in [5, 5.41) is 3.13. The smallest absolute Gasteiger partial charge is 0.321 e. The third-order valence-corrected chi connectivity index (χ3v) is 4.87. The fourth-order valence-electron chi connectivity index (χ4n) is 3.24. The molecule has 2 aromatic rings. The molecule has 2 aromatic carbocycles. The van der Waals surface area contributed by atoms with Crippen molar-refractivity contribution in [3.63, 3.8) is 0 Å². The highest BCUT2D eigenvalue weighted by atomic mass is 16.2. The average Bonchev–Trinajstić information content (AvgIpc) is 2.59. The van der Waals surface area contributed by atoms with Crippen LogP contribution in [0.2, 0.25) is 0 Å². The van der Waals surface area contributed by atoms with Gasteiger partial charge in [-0.2, -0.15) is 0 Å². The molecule has 0 bridgehead atoms. The lowest BCUT2D eigenvalue weighted by atomic mass is 9.84. The van der Waals surface area contributed by atoms with E-state index in [-0.39, 0.29) is 11.4 Å². The highest BCUT2D eigenvalue weighted by Crippen LogP contribution is 2.27. The number of aryl methyl sites for hydroxylation is 2. The van der Waals surface area contributed by atoms with Gasteiger partial charge in [0, 0.05) is 24.2 Å². The van der Waals surface area contributed by atoms with Crippen molar-refractivity contribution >= 4 is 11.7 Å². The molecule has 1 aliphatic rings. The Bertz CT molecular complexity index is 719. The van der Waals surface area contributed by atoms with Gasteiger partial charge in [0.15, 0.2) is 0 Å². The fourth-order valence-corrected chi connectivity index (χ4v) is 3.24. The molecule has 0 spiro atoms. The number of benzene rings is 2. The maximum atomic E-state index is 12.7. The number of carbonyl (C=O) groups excluding carboxylic acids is 1. The zero-order valence-electron chi connectivity index (χ0n) is 14.8. The van der Waals surface area contributed by atoms with Crippen LogP contribution in [0, 0.1) is 6.92 Å². The number of anilines is 1. The molecule has 1 aliphatic heterocycles. The molecule has 0 aliphatic carbocycles. The van der Waals surface area contributed by atoms with Gasteiger partial charge in [-0.3, -0.25) is 4.90 Å². The number of carbonyl (C=O) groups is 1. The number of hydrogen-bond acceptors (Lipinski definition) is 1. The Labute approximate surface area is 144 Å². The minimum absolute atomic E-state index is 0.00216. The highest BCUT2D eigenvalue weighted by Gasteiger charge is 2.25. The molecule has 0 saturated carbocycles. The van der Waals surface area contributed by atoms with Crippen molar-refractivity contribution < 1.29 is 4.79 Å². The van der Waals surface area contributed by atoms with Crippen LogP contribution in [0.15, 0.2) is 48.5 Å². The molecule has 0 unspecified atom stereocenters. The van der Waals surface area contributed by atoms with E-state index in [0.29, 0.717) is 6.54 Å². The molecule has 1 heterocycles. The van der Waals surface area contributed by atoms with Crippen molar-refractivity contribution in [2.24, 2.45) is 0 Å². The van der Waals surface area contributed by atoms with Crippen LogP contribution >= 0.6 is 0 Å². The van der Waals surface area contributed by atoms with Crippen LogP contribution in [0.1, 0.15) is 37.0 Å². The van der Waals surface area contributed by atoms with Crippen molar-refractivity contribution in [1.82, 2.24) is 5.32 Å². The molecule has 1 N–H and O–H groups in total. The van der Waals surface area contributed by atoms with Crippen LogP contribution in [-0.4, -0.2) is 19.1 Å². The summed E-state index contributed by atoms with van der Waals surface area (Å²) in [5.74, 6) is 0. The molecule has 3 nitrogen and oxygen atoms in total. The number of nitrogens with zero attached hydrogens (tertiary/aromatic N) is 1. The number of amides is 2. The summed E-state index contributed by atoms with van der Waals surface area (Å²) in [6, 6.07) is 16.8. The SMILES string of the molecule is Cc1ccc(C(C)(C)CNC(=O)N2CCCc3ccccc32)cc1. The maximum absolute atomic E-state index is 12.7. The fraction of sp³-hybridized carbons (Fsp3) is 0.381. The monoisotopic (exact) mass is 322 g/mol. The lowest BCUT2D eigenvalue weighted by Crippen LogP contribution is -2.46. The van der Waals surface area contributed by atoms with E-state index in [1.807, 2.05) is 23.1 Å². The van der Waals surface area contributed by atoms with Crippen LogP contribution in [0.3, 0.4) is 0 Å². The molecule has 0 aromatic heterocycles. The summed E-state index contributed by atoms with van der Waals surface area (Å²) in [6.07, 6.45) is 2.07. The molecular formula is C21H26N2O. The Kier molecular flexibility index (Phi) is 4.61. The minimum atomic E-state index is -0.0985. The summed E-state index contributed by atoms with van der Waals surface area (Å²) < 4.78 is 0. The van der Waals surface area contributed by atoms with Gasteiger partial charge in [0.05, 0.1) is 0 Å². The van der Waals surface area contributed by atoms with Crippen molar-refractivity contribution in [2.75, 3.05) is 18.0 Å². The van der Waals surface area contributed by atoms with Crippen LogP contribution < -0.4 is 10.2 Å². The molecule has 0 radical (unpaired) electrons. The number of hydrogen-bond donors (Lipinski definition) is 1. The van der Waals surface area contributed by atoms with Crippen molar-refractivity contribution in [3.05, 3.63) is 65.2 Å². The zero-order chi connectivity index (χ0) is 17.2. The second-order valence-corrected chi connectivity index (χ2v) is 7.29. The Morgan fingerprint density at radius 1 is 1.12 bits per heavy atom. The number of para-hydroxylation sites is 1. The van der Waals surface area contributed by atoms with Gasteiger partial charge < -0.3 is 5.32 Å². The first-order valence-corrected chi connectivity index (χ1v) is 8.68. The van der Waals surface area contributed by atoms with Gasteiger partial charge in [-0.15, -0.1) is 0 Å². The van der Waals surface area contributed by atoms with Crippen molar-refractivity contribution in [1.29, 1.82) is 0 Å². The molecule has 24 heavy (non-hydrogen) atoms. The van der Waals surface area contributed by atoms with Crippen LogP contribution in [0.5, 0.6) is 0 Å². The van der Waals surface area contributed by atoms with E-state index in [9.17, 15) is 4.79 Å². The van der Waals surface area contributed by atoms with E-state index in [4.69, 9.17) is 0 Å². The lowest BCUT2D eigenvalue weighted by molar-refractivity contribution is 0.243. The van der Waals surface area contributed by atoms with Crippen LogP contribution in [-0.2, 0) is 11.8 Å². The third-order valence-electron chi connectivity index (χ3n) is 4.87. The predicted molar refractivity (Wildman–Crippen MR) is 99.7 cm³/mol. The van der Waals surface area contributed by atoms with Crippen molar-refractivity contribution in [3.8, 4) is 0 Å². The zero-order valence-corrected chi connectivity index (χ0v) is 14.8. The Balaban J connectivity index is 1.68. The summed E-state index contributed by atoms with van der Waals surface area (Å²) in [4.78, 5) is 14.6. The van der Waals surface area contributed by atoms with Gasteiger partial charge >= 0.3 is 6.03 Å². The molecule has 0 fully saturated rings. The Hall–Kier alpha value is -2.29. The largest absolute Gasteiger partial charge is 0.337 e. The van der Waals surface area contributed by atoms with Crippen molar-refractivity contribution in [2.45, 2.75) is 39.0 Å². The first kappa shape index (κ1) is 16.6. The predicted octanol–water partition coefficient (Wildman–Crippen LogP) is 4.44. The van der Waals surface area contributed by atoms with E-state index in [1.54, 1.807) is 0 Å². The van der Waals surface area contributed by atoms with Gasteiger partial charge in [-0.05, 0) is 37.0 Å². The summed E-state index contributed by atoms with van der Waals surface area (Å²) in [7, 11) is 0. The summed E-state index contributed by atoms with van der Waals surface area (Å²) in [5.41, 5.74) is 4.71. The van der Waals surface area contributed by atoms with Gasteiger partial charge in [-0.25, -0.2) is 4.79 Å². The quantitative estimate of drug-likeness (QED) is 0.890. The molecular weight excluding hydrogens is 296 g/mol. The topological polar surface area (TPSA) is 32.3 Å². The van der Waals surface area contributed by atoms with Gasteiger partial charge in [0.25, 0.3) is 0 Å². The first-order valence-electron chi connectivity index (χ1n) is 8.68. The van der Waals surface area contributed by atoms with E-state index in [0.717, 1.165) is 25.1 Å². The third kappa shape index (κ3) is 3.45. The first-order chi connectivity index (χ1) is 11.5. The Morgan fingerprint density at radius 2 is 1.83 bits per heavy atom. The van der Waals surface area contributed by atoms with E-state index < -0.39 is 0 Å². The van der Waals surface area contributed by atoms with Gasteiger partial charge in [0.1, 0.15) is 0 Å². The standard InChI is InChI=1S/C21H26N2O/c1-16-10-12-18(13-11-16)21(2,3)15-22-20(24)23-14-6-8-17-7-4-5-9-19(17)23/h4-5,7,9-13H,6,8,14-15H2,1-3H3,(H,22,24). The molecule has 126 valence electrons. The number of rotatable bonds is 3. The number of urea groups is 1. The van der Waals surface area contributed by atoms with E-state index in [1.165, 1.54) is 16.7 Å². The number of nitrogens with one attached hydrogen (secondary N) is 1. The normalized spacial score (nSPS) is 14.2. The summed E-state index contributed by atoms with van der Waals surface area (Å²) >= 11 is 0. The second kappa shape index (κ2) is 6.68.